The molecule has 108 valence electrons. The number of carbonyl (C=O) groups is 2. The molecule has 0 radical (unpaired) electrons. The van der Waals surface area contributed by atoms with Crippen LogP contribution >= 0.6 is 0 Å². The molecule has 2 amide bonds. The zero-order valence-corrected chi connectivity index (χ0v) is 13.4. The van der Waals surface area contributed by atoms with Crippen LogP contribution in [0.25, 0.3) is 0 Å². The molecule has 0 saturated heterocycles. The van der Waals surface area contributed by atoms with E-state index in [1.807, 2.05) is 27.7 Å². The van der Waals surface area contributed by atoms with Crippen LogP contribution in [0.2, 0.25) is 0 Å². The molecule has 0 spiro atoms. The predicted molar refractivity (Wildman–Crippen MR) is 77.6 cm³/mol. The fourth-order valence-electron chi connectivity index (χ4n) is 2.58. The lowest BCUT2D eigenvalue weighted by Crippen LogP contribution is -2.46. The zero-order chi connectivity index (χ0) is 15.0. The number of hydrogen-bond acceptors (Lipinski definition) is 2. The fraction of sp³-hybridized carbons (Fsp3) is 0.750. The van der Waals surface area contributed by atoms with Crippen LogP contribution in [-0.2, 0) is 9.59 Å². The molecule has 0 fully saturated rings. The van der Waals surface area contributed by atoms with E-state index >= 15 is 0 Å². The third-order valence-corrected chi connectivity index (χ3v) is 3.49. The highest BCUT2D eigenvalue weighted by atomic mass is 16.2. The Morgan fingerprint density at radius 2 is 1.53 bits per heavy atom. The van der Waals surface area contributed by atoms with Gasteiger partial charge in [0.05, 0.1) is 0 Å². The van der Waals surface area contributed by atoms with Crippen LogP contribution in [0, 0.1) is 10.8 Å². The summed E-state index contributed by atoms with van der Waals surface area (Å²) in [6.07, 6.45) is 1.18. The van der Waals surface area contributed by atoms with Crippen LogP contribution in [-0.4, -0.2) is 23.3 Å². The first-order chi connectivity index (χ1) is 8.50. The van der Waals surface area contributed by atoms with Crippen molar-refractivity contribution in [1.29, 1.82) is 0 Å². The van der Waals surface area contributed by atoms with E-state index in [0.717, 1.165) is 17.6 Å². The van der Waals surface area contributed by atoms with Gasteiger partial charge in [-0.25, -0.2) is 0 Å². The Bertz CT molecular complexity index is 419. The summed E-state index contributed by atoms with van der Waals surface area (Å²) in [4.78, 5) is 26.3. The van der Waals surface area contributed by atoms with Gasteiger partial charge in [0.2, 0.25) is 5.91 Å². The smallest absolute Gasteiger partial charge is 0.256 e. The highest BCUT2D eigenvalue weighted by molar-refractivity contribution is 6.09. The lowest BCUT2D eigenvalue weighted by Gasteiger charge is -2.39. The molecule has 0 aromatic heterocycles. The standard InChI is InChI=1S/C16H27NO2/c1-8-9-17-12(18)10-11(15(2,3)4)13(14(17)19)16(5,6)7/h8-10H2,1-7H3. The van der Waals surface area contributed by atoms with E-state index < -0.39 is 0 Å². The van der Waals surface area contributed by atoms with Gasteiger partial charge in [0.25, 0.3) is 5.91 Å². The molecule has 0 unspecified atom stereocenters. The van der Waals surface area contributed by atoms with Gasteiger partial charge in [-0.3, -0.25) is 14.5 Å². The van der Waals surface area contributed by atoms with Gasteiger partial charge in [-0.05, 0) is 22.8 Å². The Morgan fingerprint density at radius 3 is 1.89 bits per heavy atom. The Labute approximate surface area is 117 Å². The van der Waals surface area contributed by atoms with Crippen molar-refractivity contribution in [2.24, 2.45) is 10.8 Å². The normalized spacial score (nSPS) is 18.4. The quantitative estimate of drug-likeness (QED) is 0.716. The van der Waals surface area contributed by atoms with Crippen LogP contribution in [0.1, 0.15) is 61.3 Å². The summed E-state index contributed by atoms with van der Waals surface area (Å²) < 4.78 is 0. The molecule has 0 atom stereocenters. The Balaban J connectivity index is 3.40. The van der Waals surface area contributed by atoms with Crippen molar-refractivity contribution in [1.82, 2.24) is 4.90 Å². The Hall–Kier alpha value is -1.12. The molecule has 0 aromatic rings. The molecule has 0 aromatic carbocycles. The van der Waals surface area contributed by atoms with Crippen LogP contribution in [0.3, 0.4) is 0 Å². The lowest BCUT2D eigenvalue weighted by molar-refractivity contribution is -0.144. The molecule has 3 heteroatoms. The number of rotatable bonds is 2. The number of carbonyl (C=O) groups excluding carboxylic acids is 2. The molecule has 3 nitrogen and oxygen atoms in total. The van der Waals surface area contributed by atoms with Gasteiger partial charge in [-0.2, -0.15) is 0 Å². The summed E-state index contributed by atoms with van der Waals surface area (Å²) in [6, 6.07) is 0. The van der Waals surface area contributed by atoms with Crippen molar-refractivity contribution in [3.63, 3.8) is 0 Å². The molecule has 0 saturated carbocycles. The van der Waals surface area contributed by atoms with E-state index in [1.54, 1.807) is 0 Å². The largest absolute Gasteiger partial charge is 0.279 e. The SMILES string of the molecule is CCCN1C(=O)CC(C(C)(C)C)=C(C(C)(C)C)C1=O. The van der Waals surface area contributed by atoms with E-state index in [0.29, 0.717) is 13.0 Å². The van der Waals surface area contributed by atoms with E-state index in [2.05, 4.69) is 20.8 Å². The van der Waals surface area contributed by atoms with E-state index in [4.69, 9.17) is 0 Å². The maximum absolute atomic E-state index is 12.7. The van der Waals surface area contributed by atoms with Crippen LogP contribution in [0.15, 0.2) is 11.1 Å². The Morgan fingerprint density at radius 1 is 1.00 bits per heavy atom. The average molecular weight is 265 g/mol. The summed E-state index contributed by atoms with van der Waals surface area (Å²) in [5, 5.41) is 0. The maximum atomic E-state index is 12.7. The van der Waals surface area contributed by atoms with Crippen molar-refractivity contribution in [2.45, 2.75) is 61.3 Å². The molecule has 1 aliphatic heterocycles. The predicted octanol–water partition coefficient (Wildman–Crippen LogP) is 3.54. The van der Waals surface area contributed by atoms with Crippen LogP contribution in [0.5, 0.6) is 0 Å². The molecule has 1 heterocycles. The van der Waals surface area contributed by atoms with Gasteiger partial charge in [-0.1, -0.05) is 48.5 Å². The minimum atomic E-state index is -0.230. The summed E-state index contributed by atoms with van der Waals surface area (Å²) in [5.74, 6) is -0.139. The van der Waals surface area contributed by atoms with Gasteiger partial charge in [0, 0.05) is 18.5 Å². The lowest BCUT2D eigenvalue weighted by atomic mass is 9.71. The number of nitrogens with zero attached hydrogens (tertiary/aromatic N) is 1. The number of amides is 2. The monoisotopic (exact) mass is 265 g/mol. The zero-order valence-electron chi connectivity index (χ0n) is 13.4. The van der Waals surface area contributed by atoms with E-state index in [1.165, 1.54) is 4.90 Å². The van der Waals surface area contributed by atoms with Gasteiger partial charge in [0.1, 0.15) is 0 Å². The highest BCUT2D eigenvalue weighted by Crippen LogP contribution is 2.41. The average Bonchev–Trinajstić information content (AvgIpc) is 2.19. The molecule has 19 heavy (non-hydrogen) atoms. The molecule has 0 aliphatic carbocycles. The van der Waals surface area contributed by atoms with Crippen molar-refractivity contribution in [3.05, 3.63) is 11.1 Å². The second-order valence-electron chi connectivity index (χ2n) is 7.38. The van der Waals surface area contributed by atoms with Crippen molar-refractivity contribution < 1.29 is 9.59 Å². The van der Waals surface area contributed by atoms with Gasteiger partial charge in [0.15, 0.2) is 0 Å². The third kappa shape index (κ3) is 3.26. The van der Waals surface area contributed by atoms with Gasteiger partial charge in [-0.15, -0.1) is 0 Å². The summed E-state index contributed by atoms with van der Waals surface area (Å²) in [6.45, 7) is 14.9. The summed E-state index contributed by atoms with van der Waals surface area (Å²) in [5.41, 5.74) is 1.45. The van der Waals surface area contributed by atoms with Crippen LogP contribution in [0.4, 0.5) is 0 Å². The topological polar surface area (TPSA) is 37.4 Å². The molecular weight excluding hydrogens is 238 g/mol. The Kier molecular flexibility index (Phi) is 4.28. The number of hydrogen-bond donors (Lipinski definition) is 0. The minimum Gasteiger partial charge on any atom is -0.279 e. The molecule has 0 N–H and O–H groups in total. The van der Waals surface area contributed by atoms with E-state index in [-0.39, 0.29) is 22.6 Å². The van der Waals surface area contributed by atoms with Crippen molar-refractivity contribution in [3.8, 4) is 0 Å². The molecular formula is C16H27NO2. The second kappa shape index (κ2) is 5.10. The third-order valence-electron chi connectivity index (χ3n) is 3.49. The first-order valence-corrected chi connectivity index (χ1v) is 7.09. The van der Waals surface area contributed by atoms with Gasteiger partial charge >= 0.3 is 0 Å². The fourth-order valence-corrected chi connectivity index (χ4v) is 2.58. The van der Waals surface area contributed by atoms with Crippen molar-refractivity contribution >= 4 is 11.8 Å². The van der Waals surface area contributed by atoms with Gasteiger partial charge < -0.3 is 0 Å². The first-order valence-electron chi connectivity index (χ1n) is 7.09. The minimum absolute atomic E-state index is 0.0511. The summed E-state index contributed by atoms with van der Waals surface area (Å²) >= 11 is 0. The molecule has 0 bridgehead atoms. The second-order valence-corrected chi connectivity index (χ2v) is 7.38. The number of imide groups is 1. The van der Waals surface area contributed by atoms with Crippen LogP contribution < -0.4 is 0 Å². The first kappa shape index (κ1) is 15.9. The highest BCUT2D eigenvalue weighted by Gasteiger charge is 2.41. The molecule has 1 rings (SSSR count). The van der Waals surface area contributed by atoms with Crippen molar-refractivity contribution in [2.75, 3.05) is 6.54 Å². The maximum Gasteiger partial charge on any atom is 0.256 e. The van der Waals surface area contributed by atoms with E-state index in [9.17, 15) is 9.59 Å². The molecule has 1 aliphatic rings. The summed E-state index contributed by atoms with van der Waals surface area (Å²) in [7, 11) is 0.